The largest absolute Gasteiger partial charge is 0.496 e. The molecule has 0 spiro atoms. The summed E-state index contributed by atoms with van der Waals surface area (Å²) in [4.78, 5) is 0.341. The summed E-state index contributed by atoms with van der Waals surface area (Å²) in [7, 11) is -1.58. The second kappa shape index (κ2) is 4.55. The van der Waals surface area contributed by atoms with Gasteiger partial charge in [-0.1, -0.05) is 0 Å². The quantitative estimate of drug-likeness (QED) is 0.907. The van der Waals surface area contributed by atoms with Crippen molar-refractivity contribution in [2.75, 3.05) is 19.9 Å². The Bertz CT molecular complexity index is 545. The molecule has 1 N–H and O–H groups in total. The molecule has 1 heterocycles. The van der Waals surface area contributed by atoms with Gasteiger partial charge in [0.15, 0.2) is 9.84 Å². The second-order valence-electron chi connectivity index (χ2n) is 5.00. The molecule has 0 aromatic heterocycles. The Labute approximate surface area is 108 Å². The van der Waals surface area contributed by atoms with E-state index in [0.29, 0.717) is 4.90 Å². The Morgan fingerprint density at radius 3 is 2.61 bits per heavy atom. The van der Waals surface area contributed by atoms with Gasteiger partial charge in [-0.3, -0.25) is 0 Å². The van der Waals surface area contributed by atoms with Gasteiger partial charge in [0.25, 0.3) is 0 Å². The van der Waals surface area contributed by atoms with Crippen molar-refractivity contribution in [2.45, 2.75) is 30.2 Å². The molecule has 1 atom stereocenters. The van der Waals surface area contributed by atoms with Crippen LogP contribution in [0.25, 0.3) is 0 Å². The predicted molar refractivity (Wildman–Crippen MR) is 70.7 cm³/mol. The molecule has 100 valence electrons. The van der Waals surface area contributed by atoms with E-state index in [2.05, 4.69) is 12.2 Å². The van der Waals surface area contributed by atoms with Crippen LogP contribution < -0.4 is 10.1 Å². The highest BCUT2D eigenvalue weighted by Gasteiger charge is 2.33. The van der Waals surface area contributed by atoms with Crippen LogP contribution in [0.15, 0.2) is 23.1 Å². The molecule has 4 nitrogen and oxygen atoms in total. The summed E-state index contributed by atoms with van der Waals surface area (Å²) in [5.74, 6) is 0.735. The van der Waals surface area contributed by atoms with E-state index >= 15 is 0 Å². The van der Waals surface area contributed by atoms with Gasteiger partial charge in [-0.05, 0) is 44.5 Å². The topological polar surface area (TPSA) is 55.4 Å². The van der Waals surface area contributed by atoms with Crippen LogP contribution in [0.1, 0.15) is 25.3 Å². The Hall–Kier alpha value is -1.07. The van der Waals surface area contributed by atoms with Gasteiger partial charge >= 0.3 is 0 Å². The lowest BCUT2D eigenvalue weighted by Crippen LogP contribution is -2.33. The van der Waals surface area contributed by atoms with Crippen molar-refractivity contribution >= 4 is 9.84 Å². The van der Waals surface area contributed by atoms with E-state index in [4.69, 9.17) is 4.74 Å². The fourth-order valence-corrected chi connectivity index (χ4v) is 3.12. The molecule has 5 heteroatoms. The van der Waals surface area contributed by atoms with Crippen molar-refractivity contribution in [2.24, 2.45) is 0 Å². The lowest BCUT2D eigenvalue weighted by atomic mass is 9.90. The Balaban J connectivity index is 2.56. The summed E-state index contributed by atoms with van der Waals surface area (Å²) in [6, 6.07) is 5.05. The van der Waals surface area contributed by atoms with E-state index in [1.807, 2.05) is 0 Å². The molecule has 1 unspecified atom stereocenters. The van der Waals surface area contributed by atoms with Gasteiger partial charge in [-0.15, -0.1) is 0 Å². The number of nitrogens with one attached hydrogen (secondary N) is 1. The third-order valence-electron chi connectivity index (χ3n) is 3.56. The van der Waals surface area contributed by atoms with Crippen molar-refractivity contribution in [3.05, 3.63) is 23.8 Å². The van der Waals surface area contributed by atoms with Crippen LogP contribution in [-0.4, -0.2) is 28.3 Å². The number of ether oxygens (including phenoxy) is 1. The molecule has 1 aliphatic rings. The van der Waals surface area contributed by atoms with Crippen molar-refractivity contribution < 1.29 is 13.2 Å². The number of hydrogen-bond acceptors (Lipinski definition) is 4. The predicted octanol–water partition coefficient (Wildman–Crippen LogP) is 1.70. The van der Waals surface area contributed by atoms with Crippen LogP contribution in [0.2, 0.25) is 0 Å². The fraction of sp³-hybridized carbons (Fsp3) is 0.538. The minimum atomic E-state index is -3.19. The second-order valence-corrected chi connectivity index (χ2v) is 7.01. The number of methoxy groups -OCH3 is 1. The van der Waals surface area contributed by atoms with Crippen molar-refractivity contribution in [1.82, 2.24) is 5.32 Å². The van der Waals surface area contributed by atoms with Gasteiger partial charge in [0.2, 0.25) is 0 Å². The van der Waals surface area contributed by atoms with Crippen LogP contribution in [-0.2, 0) is 15.4 Å². The lowest BCUT2D eigenvalue weighted by Gasteiger charge is -2.27. The third-order valence-corrected chi connectivity index (χ3v) is 4.67. The minimum absolute atomic E-state index is 0.202. The maximum absolute atomic E-state index is 11.6. The van der Waals surface area contributed by atoms with E-state index in [-0.39, 0.29) is 5.54 Å². The summed E-state index contributed by atoms with van der Waals surface area (Å²) in [6.45, 7) is 3.03. The zero-order valence-corrected chi connectivity index (χ0v) is 11.8. The highest BCUT2D eigenvalue weighted by atomic mass is 32.2. The average molecular weight is 269 g/mol. The minimum Gasteiger partial charge on any atom is -0.496 e. The number of rotatable bonds is 3. The molecule has 18 heavy (non-hydrogen) atoms. The van der Waals surface area contributed by atoms with Crippen LogP contribution in [0.5, 0.6) is 5.75 Å². The van der Waals surface area contributed by atoms with E-state index in [1.165, 1.54) is 6.26 Å². The zero-order chi connectivity index (χ0) is 13.4. The van der Waals surface area contributed by atoms with Gasteiger partial charge in [0.1, 0.15) is 5.75 Å². The smallest absolute Gasteiger partial charge is 0.175 e. The first-order valence-electron chi connectivity index (χ1n) is 6.00. The normalized spacial score (nSPS) is 24.2. The molecular formula is C13H19NO3S. The van der Waals surface area contributed by atoms with E-state index in [1.54, 1.807) is 25.3 Å². The highest BCUT2D eigenvalue weighted by Crippen LogP contribution is 2.37. The molecule has 1 aliphatic heterocycles. The molecule has 0 radical (unpaired) electrons. The molecule has 2 rings (SSSR count). The van der Waals surface area contributed by atoms with Crippen molar-refractivity contribution in [3.8, 4) is 5.75 Å². The highest BCUT2D eigenvalue weighted by molar-refractivity contribution is 7.90. The molecule has 0 aliphatic carbocycles. The van der Waals surface area contributed by atoms with Crippen molar-refractivity contribution in [1.29, 1.82) is 0 Å². The average Bonchev–Trinajstić information content (AvgIpc) is 2.75. The summed E-state index contributed by atoms with van der Waals surface area (Å²) < 4.78 is 28.6. The summed E-state index contributed by atoms with van der Waals surface area (Å²) in [6.07, 6.45) is 3.29. The monoisotopic (exact) mass is 269 g/mol. The Morgan fingerprint density at radius 2 is 2.11 bits per heavy atom. The van der Waals surface area contributed by atoms with Gasteiger partial charge in [0, 0.05) is 17.4 Å². The van der Waals surface area contributed by atoms with Crippen LogP contribution >= 0.6 is 0 Å². The first kappa shape index (κ1) is 13.4. The van der Waals surface area contributed by atoms with Crippen LogP contribution in [0.4, 0.5) is 0 Å². The van der Waals surface area contributed by atoms with Crippen LogP contribution in [0.3, 0.4) is 0 Å². The zero-order valence-electron chi connectivity index (χ0n) is 11.0. The first-order chi connectivity index (χ1) is 8.37. The summed E-state index contributed by atoms with van der Waals surface area (Å²) in [5.41, 5.74) is 0.719. The van der Waals surface area contributed by atoms with E-state index in [0.717, 1.165) is 30.7 Å². The van der Waals surface area contributed by atoms with Gasteiger partial charge in [-0.2, -0.15) is 0 Å². The third kappa shape index (κ3) is 2.37. The first-order valence-corrected chi connectivity index (χ1v) is 7.89. The molecule has 0 amide bonds. The maximum Gasteiger partial charge on any atom is 0.175 e. The summed E-state index contributed by atoms with van der Waals surface area (Å²) in [5, 5.41) is 3.43. The maximum atomic E-state index is 11.6. The Morgan fingerprint density at radius 1 is 1.39 bits per heavy atom. The molecule has 1 aromatic carbocycles. The molecule has 1 saturated heterocycles. The van der Waals surface area contributed by atoms with E-state index in [9.17, 15) is 8.42 Å². The van der Waals surface area contributed by atoms with Crippen molar-refractivity contribution in [3.63, 3.8) is 0 Å². The number of sulfone groups is 1. The molecule has 1 aromatic rings. The Kier molecular flexibility index (Phi) is 3.38. The molecular weight excluding hydrogens is 250 g/mol. The molecule has 0 bridgehead atoms. The summed E-state index contributed by atoms with van der Waals surface area (Å²) >= 11 is 0. The van der Waals surface area contributed by atoms with Gasteiger partial charge in [0.05, 0.1) is 12.0 Å². The molecule has 1 fully saturated rings. The van der Waals surface area contributed by atoms with E-state index < -0.39 is 9.84 Å². The molecule has 0 saturated carbocycles. The van der Waals surface area contributed by atoms with Gasteiger partial charge in [-0.25, -0.2) is 8.42 Å². The fourth-order valence-electron chi connectivity index (χ4n) is 2.47. The lowest BCUT2D eigenvalue weighted by molar-refractivity contribution is 0.370. The number of benzene rings is 1. The van der Waals surface area contributed by atoms with Crippen LogP contribution in [0, 0.1) is 0 Å². The SMILES string of the molecule is COc1ccc(S(C)(=O)=O)cc1C1(C)CCCN1. The van der Waals surface area contributed by atoms with Gasteiger partial charge < -0.3 is 10.1 Å². The standard InChI is InChI=1S/C13H19NO3S/c1-13(7-4-8-14-13)11-9-10(18(3,15)16)5-6-12(11)17-2/h5-6,9,14H,4,7-8H2,1-3H3. The number of hydrogen-bond donors (Lipinski definition) is 1.